The first-order valence-corrected chi connectivity index (χ1v) is 11.9. The molecule has 1 aromatic carbocycles. The number of hydrogen-bond donors (Lipinski definition) is 0. The molecule has 3 aromatic heterocycles. The van der Waals surface area contributed by atoms with Gasteiger partial charge in [-0.25, -0.2) is 18.7 Å². The molecule has 2 atom stereocenters. The van der Waals surface area contributed by atoms with Gasteiger partial charge >= 0.3 is 0 Å². The third-order valence-electron chi connectivity index (χ3n) is 7.10. The molecule has 4 heterocycles. The van der Waals surface area contributed by atoms with Crippen LogP contribution in [0.1, 0.15) is 66.3 Å². The van der Waals surface area contributed by atoms with E-state index in [4.69, 9.17) is 14.7 Å². The second kappa shape index (κ2) is 8.24. The summed E-state index contributed by atoms with van der Waals surface area (Å²) in [6.07, 6.45) is 7.92. The van der Waals surface area contributed by atoms with Crippen molar-refractivity contribution in [3.05, 3.63) is 76.9 Å². The summed E-state index contributed by atoms with van der Waals surface area (Å²) in [5.41, 5.74) is 5.48. The van der Waals surface area contributed by atoms with Crippen molar-refractivity contribution >= 4 is 11.0 Å². The van der Waals surface area contributed by atoms with Gasteiger partial charge in [-0.15, -0.1) is 0 Å². The minimum atomic E-state index is -0.594. The molecule has 1 saturated heterocycles. The molecule has 1 aliphatic heterocycles. The highest BCUT2D eigenvalue weighted by Crippen LogP contribution is 2.41. The van der Waals surface area contributed by atoms with Gasteiger partial charge in [-0.05, 0) is 74.9 Å². The summed E-state index contributed by atoms with van der Waals surface area (Å²) in [6.45, 7) is 4.54. The smallest absolute Gasteiger partial charge is 0.160 e. The molecule has 1 saturated carbocycles. The second-order valence-corrected chi connectivity index (χ2v) is 9.55. The zero-order chi connectivity index (χ0) is 23.4. The lowest BCUT2D eigenvalue weighted by atomic mass is 9.88. The summed E-state index contributed by atoms with van der Waals surface area (Å²) < 4.78 is 36.6. The van der Waals surface area contributed by atoms with Gasteiger partial charge in [-0.1, -0.05) is 0 Å². The van der Waals surface area contributed by atoms with Crippen LogP contribution >= 0.6 is 0 Å². The van der Waals surface area contributed by atoms with Crippen molar-refractivity contribution < 1.29 is 13.5 Å². The Morgan fingerprint density at radius 1 is 1.00 bits per heavy atom. The maximum absolute atomic E-state index is 14.9. The summed E-state index contributed by atoms with van der Waals surface area (Å²) >= 11 is 0. The number of aryl methyl sites for hydroxylation is 2. The molecule has 0 bridgehead atoms. The fourth-order valence-electron chi connectivity index (χ4n) is 4.85. The van der Waals surface area contributed by atoms with Crippen LogP contribution in [0.15, 0.2) is 42.7 Å². The average Bonchev–Trinajstić information content (AvgIpc) is 3.56. The number of pyridine rings is 2. The highest BCUT2D eigenvalue weighted by molar-refractivity contribution is 5.93. The SMILES string of the molecule is Cc1cc2c(-c3ccc(F)cc3F)cc([C@@H]3CCO[C@@H](c4cnn(C5CC5)c4)C3)nc2nc1C. The highest BCUT2D eigenvalue weighted by Gasteiger charge is 2.30. The Morgan fingerprint density at radius 3 is 2.65 bits per heavy atom. The van der Waals surface area contributed by atoms with Crippen molar-refractivity contribution in [2.45, 2.75) is 57.6 Å². The van der Waals surface area contributed by atoms with Crippen molar-refractivity contribution in [3.63, 3.8) is 0 Å². The van der Waals surface area contributed by atoms with Crippen LogP contribution in [-0.2, 0) is 4.74 Å². The van der Waals surface area contributed by atoms with E-state index >= 15 is 0 Å². The topological polar surface area (TPSA) is 52.8 Å². The van der Waals surface area contributed by atoms with Crippen LogP contribution in [0.3, 0.4) is 0 Å². The molecule has 6 rings (SSSR count). The number of halogens is 2. The molecule has 174 valence electrons. The Kier molecular flexibility index (Phi) is 5.17. The molecule has 0 amide bonds. The fraction of sp³-hybridized carbons (Fsp3) is 0.370. The van der Waals surface area contributed by atoms with Crippen LogP contribution in [0.4, 0.5) is 8.78 Å². The van der Waals surface area contributed by atoms with Gasteiger partial charge in [0.05, 0.1) is 18.3 Å². The molecule has 2 fully saturated rings. The van der Waals surface area contributed by atoms with Gasteiger partial charge in [0.1, 0.15) is 11.6 Å². The second-order valence-electron chi connectivity index (χ2n) is 9.55. The first kappa shape index (κ1) is 21.4. The van der Waals surface area contributed by atoms with Gasteiger partial charge in [0.25, 0.3) is 0 Å². The van der Waals surface area contributed by atoms with Gasteiger partial charge < -0.3 is 4.74 Å². The number of ether oxygens (including phenoxy) is 1. The lowest BCUT2D eigenvalue weighted by Gasteiger charge is -2.29. The molecule has 0 radical (unpaired) electrons. The Hall–Kier alpha value is -3.19. The molecule has 5 nitrogen and oxygen atoms in total. The molecular formula is C27H26F2N4O. The predicted molar refractivity (Wildman–Crippen MR) is 126 cm³/mol. The number of fused-ring (bicyclic) bond motifs is 1. The van der Waals surface area contributed by atoms with E-state index in [1.807, 2.05) is 36.9 Å². The Labute approximate surface area is 196 Å². The molecular weight excluding hydrogens is 434 g/mol. The van der Waals surface area contributed by atoms with Gasteiger partial charge in [-0.3, -0.25) is 4.68 Å². The lowest BCUT2D eigenvalue weighted by molar-refractivity contribution is 0.00464. The van der Waals surface area contributed by atoms with E-state index in [2.05, 4.69) is 11.3 Å². The van der Waals surface area contributed by atoms with E-state index in [0.29, 0.717) is 29.4 Å². The summed E-state index contributed by atoms with van der Waals surface area (Å²) in [7, 11) is 0. The maximum Gasteiger partial charge on any atom is 0.160 e. The first-order valence-electron chi connectivity index (χ1n) is 11.9. The van der Waals surface area contributed by atoms with Gasteiger partial charge in [0.15, 0.2) is 5.65 Å². The number of aromatic nitrogens is 4. The number of hydrogen-bond acceptors (Lipinski definition) is 4. The molecule has 0 spiro atoms. The molecule has 34 heavy (non-hydrogen) atoms. The van der Waals surface area contributed by atoms with Gasteiger partial charge in [0, 0.05) is 52.7 Å². The van der Waals surface area contributed by atoms with Crippen molar-refractivity contribution in [2.75, 3.05) is 6.61 Å². The molecule has 0 N–H and O–H groups in total. The minimum absolute atomic E-state index is 0.0533. The quantitative estimate of drug-likeness (QED) is 0.356. The van der Waals surface area contributed by atoms with E-state index in [1.54, 1.807) is 0 Å². The largest absolute Gasteiger partial charge is 0.373 e. The number of benzene rings is 1. The van der Waals surface area contributed by atoms with Crippen LogP contribution in [0.2, 0.25) is 0 Å². The summed E-state index contributed by atoms with van der Waals surface area (Å²) in [5.74, 6) is -1.05. The predicted octanol–water partition coefficient (Wildman–Crippen LogP) is 6.36. The number of nitrogens with zero attached hydrogens (tertiary/aromatic N) is 4. The van der Waals surface area contributed by atoms with Crippen LogP contribution in [-0.4, -0.2) is 26.4 Å². The van der Waals surface area contributed by atoms with Crippen LogP contribution in [0.25, 0.3) is 22.2 Å². The Balaban J connectivity index is 1.41. The first-order chi connectivity index (χ1) is 16.5. The maximum atomic E-state index is 14.9. The zero-order valence-corrected chi connectivity index (χ0v) is 19.3. The van der Waals surface area contributed by atoms with Gasteiger partial charge in [-0.2, -0.15) is 5.10 Å². The molecule has 0 unspecified atom stereocenters. The van der Waals surface area contributed by atoms with Crippen LogP contribution in [0, 0.1) is 25.5 Å². The van der Waals surface area contributed by atoms with Crippen molar-refractivity contribution in [1.82, 2.24) is 19.7 Å². The monoisotopic (exact) mass is 460 g/mol. The van der Waals surface area contributed by atoms with Crippen molar-refractivity contribution in [3.8, 4) is 11.1 Å². The molecule has 2 aliphatic rings. The molecule has 4 aromatic rings. The number of rotatable bonds is 4. The van der Waals surface area contributed by atoms with Crippen molar-refractivity contribution in [1.29, 1.82) is 0 Å². The highest BCUT2D eigenvalue weighted by atomic mass is 19.1. The summed E-state index contributed by atoms with van der Waals surface area (Å²) in [5, 5.41) is 5.29. The fourth-order valence-corrected chi connectivity index (χ4v) is 4.85. The lowest BCUT2D eigenvalue weighted by Crippen LogP contribution is -2.19. The third kappa shape index (κ3) is 3.88. The summed E-state index contributed by atoms with van der Waals surface area (Å²) in [4.78, 5) is 9.64. The van der Waals surface area contributed by atoms with Crippen LogP contribution < -0.4 is 0 Å². The molecule has 7 heteroatoms. The van der Waals surface area contributed by atoms with E-state index in [0.717, 1.165) is 46.8 Å². The average molecular weight is 461 g/mol. The van der Waals surface area contributed by atoms with E-state index in [1.165, 1.54) is 25.0 Å². The normalized spacial score (nSPS) is 20.7. The third-order valence-corrected chi connectivity index (χ3v) is 7.10. The van der Waals surface area contributed by atoms with E-state index < -0.39 is 11.6 Å². The zero-order valence-electron chi connectivity index (χ0n) is 19.3. The standard InChI is InChI=1S/C27H26F2N4O/c1-15-9-23-22(21-6-3-19(28)11-24(21)29)12-25(32-27(23)31-16(15)2)17-7-8-34-26(10-17)18-13-30-33(14-18)20-4-5-20/h3,6,9,11-14,17,20,26H,4-5,7-8,10H2,1-2H3/t17-,26-/m1/s1. The van der Waals surface area contributed by atoms with E-state index in [9.17, 15) is 8.78 Å². The Bertz CT molecular complexity index is 1400. The van der Waals surface area contributed by atoms with Crippen LogP contribution in [0.5, 0.6) is 0 Å². The van der Waals surface area contributed by atoms with E-state index in [-0.39, 0.29) is 12.0 Å². The minimum Gasteiger partial charge on any atom is -0.373 e. The summed E-state index contributed by atoms with van der Waals surface area (Å²) in [6, 6.07) is 8.19. The Morgan fingerprint density at radius 2 is 1.85 bits per heavy atom. The van der Waals surface area contributed by atoms with Crippen molar-refractivity contribution in [2.24, 2.45) is 0 Å². The molecule has 1 aliphatic carbocycles. The van der Waals surface area contributed by atoms with Gasteiger partial charge in [0.2, 0.25) is 0 Å².